The van der Waals surface area contributed by atoms with E-state index in [9.17, 15) is 13.2 Å². The van der Waals surface area contributed by atoms with Gasteiger partial charge in [0.25, 0.3) is 5.91 Å². The van der Waals surface area contributed by atoms with Gasteiger partial charge in [0.1, 0.15) is 17.0 Å². The van der Waals surface area contributed by atoms with Crippen molar-refractivity contribution >= 4 is 55.9 Å². The summed E-state index contributed by atoms with van der Waals surface area (Å²) in [7, 11) is -0.560. The van der Waals surface area contributed by atoms with Gasteiger partial charge in [0, 0.05) is 35.5 Å². The van der Waals surface area contributed by atoms with Gasteiger partial charge in [-0.25, -0.2) is 22.7 Å². The van der Waals surface area contributed by atoms with E-state index in [2.05, 4.69) is 30.5 Å². The molecule has 33 heavy (non-hydrogen) atoms. The average molecular weight is 520 g/mol. The van der Waals surface area contributed by atoms with Crippen molar-refractivity contribution in [1.82, 2.24) is 29.5 Å². The second-order valence-electron chi connectivity index (χ2n) is 6.54. The zero-order chi connectivity index (χ0) is 23.4. The lowest BCUT2D eigenvalue weighted by Crippen LogP contribution is -2.22. The second kappa shape index (κ2) is 10.0. The van der Waals surface area contributed by atoms with Crippen molar-refractivity contribution in [2.45, 2.75) is 24.9 Å². The minimum atomic E-state index is -3.52. The third-order valence-corrected chi connectivity index (χ3v) is 8.53. The zero-order valence-electron chi connectivity index (χ0n) is 17.3. The standard InChI is InChI=1S/C19H17N7O3S4/c1-26(2)33(28,29)13-5-3-12(4-6-13)31-14-7-8-15(32-19-21-11-22-25-19)23-16(14)17(27)24-18-20-9-10-30-18/h3-11H,1-2H3,(H,20,24,27)(H,21,22,25). The van der Waals surface area contributed by atoms with E-state index in [0.717, 1.165) is 9.20 Å². The van der Waals surface area contributed by atoms with Crippen molar-refractivity contribution in [3.05, 3.63) is 60.0 Å². The van der Waals surface area contributed by atoms with E-state index in [4.69, 9.17) is 0 Å². The molecule has 170 valence electrons. The number of carbonyl (C=O) groups excluding carboxylic acids is 1. The number of aromatic nitrogens is 5. The number of benzene rings is 1. The number of nitrogens with zero attached hydrogens (tertiary/aromatic N) is 5. The van der Waals surface area contributed by atoms with Gasteiger partial charge in [0.15, 0.2) is 10.3 Å². The number of anilines is 1. The van der Waals surface area contributed by atoms with Crippen LogP contribution in [-0.2, 0) is 10.0 Å². The summed E-state index contributed by atoms with van der Waals surface area (Å²) < 4.78 is 25.8. The average Bonchev–Trinajstić information content (AvgIpc) is 3.49. The van der Waals surface area contributed by atoms with E-state index in [1.807, 2.05) is 0 Å². The van der Waals surface area contributed by atoms with Crippen LogP contribution in [0.25, 0.3) is 0 Å². The van der Waals surface area contributed by atoms with E-state index < -0.39 is 15.9 Å². The number of aromatic amines is 1. The number of sulfonamides is 1. The van der Waals surface area contributed by atoms with Crippen LogP contribution < -0.4 is 5.32 Å². The Morgan fingerprint density at radius 2 is 1.91 bits per heavy atom. The van der Waals surface area contributed by atoms with E-state index in [1.165, 1.54) is 67.4 Å². The Hall–Kier alpha value is -2.78. The third-order valence-electron chi connectivity index (χ3n) is 4.13. The normalized spacial score (nSPS) is 11.6. The fourth-order valence-electron chi connectivity index (χ4n) is 2.53. The number of nitrogens with one attached hydrogen (secondary N) is 2. The van der Waals surface area contributed by atoms with Gasteiger partial charge < -0.3 is 4.98 Å². The van der Waals surface area contributed by atoms with Crippen molar-refractivity contribution in [1.29, 1.82) is 0 Å². The van der Waals surface area contributed by atoms with E-state index in [0.29, 0.717) is 20.2 Å². The highest BCUT2D eigenvalue weighted by Gasteiger charge is 2.19. The Kier molecular flexibility index (Phi) is 7.09. The number of hydrogen-bond acceptors (Lipinski definition) is 10. The van der Waals surface area contributed by atoms with Crippen molar-refractivity contribution in [3.8, 4) is 0 Å². The minimum Gasteiger partial charge on any atom is -0.322 e. The Bertz CT molecular complexity index is 1340. The van der Waals surface area contributed by atoms with Crippen LogP contribution in [0.2, 0.25) is 0 Å². The molecule has 1 aromatic carbocycles. The smallest absolute Gasteiger partial charge is 0.277 e. The lowest BCUT2D eigenvalue weighted by molar-refractivity contribution is 0.101. The number of H-pyrrole nitrogens is 1. The van der Waals surface area contributed by atoms with Crippen LogP contribution in [0.15, 0.2) is 79.2 Å². The fourth-order valence-corrected chi connectivity index (χ4v) is 5.53. The minimum absolute atomic E-state index is 0.190. The highest BCUT2D eigenvalue weighted by molar-refractivity contribution is 7.99. The number of hydrogen-bond donors (Lipinski definition) is 2. The maximum absolute atomic E-state index is 13.0. The van der Waals surface area contributed by atoms with Gasteiger partial charge in [-0.2, -0.15) is 0 Å². The predicted molar refractivity (Wildman–Crippen MR) is 126 cm³/mol. The van der Waals surface area contributed by atoms with Crippen LogP contribution in [-0.4, -0.2) is 57.9 Å². The van der Waals surface area contributed by atoms with Gasteiger partial charge >= 0.3 is 0 Å². The van der Waals surface area contributed by atoms with Gasteiger partial charge in [0.05, 0.1) is 4.90 Å². The van der Waals surface area contributed by atoms with E-state index in [1.54, 1.807) is 35.8 Å². The van der Waals surface area contributed by atoms with Gasteiger partial charge in [-0.3, -0.25) is 10.1 Å². The molecular weight excluding hydrogens is 503 g/mol. The quantitative estimate of drug-likeness (QED) is 0.359. The molecule has 4 aromatic rings. The topological polar surface area (TPSA) is 134 Å². The molecular formula is C19H17N7O3S4. The van der Waals surface area contributed by atoms with Crippen molar-refractivity contribution < 1.29 is 13.2 Å². The van der Waals surface area contributed by atoms with Crippen molar-refractivity contribution in [2.24, 2.45) is 0 Å². The molecule has 3 aromatic heterocycles. The second-order valence-corrected chi connectivity index (χ2v) is 11.7. The maximum atomic E-state index is 13.0. The van der Waals surface area contributed by atoms with E-state index in [-0.39, 0.29) is 10.6 Å². The van der Waals surface area contributed by atoms with Gasteiger partial charge in [-0.05, 0) is 48.2 Å². The Morgan fingerprint density at radius 1 is 1.12 bits per heavy atom. The molecule has 3 heterocycles. The summed E-state index contributed by atoms with van der Waals surface area (Å²) in [5, 5.41) is 13.8. The molecule has 0 aliphatic heterocycles. The molecule has 0 saturated carbocycles. The summed E-state index contributed by atoms with van der Waals surface area (Å²) >= 11 is 3.85. The Labute approximate surface area is 202 Å². The first-order chi connectivity index (χ1) is 15.8. The molecule has 10 nitrogen and oxygen atoms in total. The highest BCUT2D eigenvalue weighted by atomic mass is 32.2. The maximum Gasteiger partial charge on any atom is 0.277 e. The number of thiazole rings is 1. The Balaban J connectivity index is 1.62. The molecule has 0 aliphatic rings. The predicted octanol–water partition coefficient (Wildman–Crippen LogP) is 3.46. The van der Waals surface area contributed by atoms with Crippen LogP contribution in [0.1, 0.15) is 10.5 Å². The summed E-state index contributed by atoms with van der Waals surface area (Å²) in [6.07, 6.45) is 3.06. The molecule has 0 saturated heterocycles. The number of amides is 1. The monoisotopic (exact) mass is 519 g/mol. The number of rotatable bonds is 8. The van der Waals surface area contributed by atoms with Crippen LogP contribution in [0.5, 0.6) is 0 Å². The molecule has 0 fully saturated rings. The Morgan fingerprint density at radius 3 is 2.55 bits per heavy atom. The number of carbonyl (C=O) groups is 1. The van der Waals surface area contributed by atoms with Gasteiger partial charge in [-0.15, -0.1) is 21.5 Å². The highest BCUT2D eigenvalue weighted by Crippen LogP contribution is 2.33. The molecule has 0 spiro atoms. The lowest BCUT2D eigenvalue weighted by atomic mass is 10.3. The summed E-state index contributed by atoms with van der Waals surface area (Å²) in [6.45, 7) is 0. The SMILES string of the molecule is CN(C)S(=O)(=O)c1ccc(Sc2ccc(Sc3nnc[nH]3)nc2C(=O)Nc2nccs2)cc1. The molecule has 2 N–H and O–H groups in total. The zero-order valence-corrected chi connectivity index (χ0v) is 20.6. The van der Waals surface area contributed by atoms with Crippen LogP contribution in [0.4, 0.5) is 5.13 Å². The summed E-state index contributed by atoms with van der Waals surface area (Å²) in [4.78, 5) is 26.0. The molecule has 4 rings (SSSR count). The molecule has 0 bridgehead atoms. The molecule has 0 radical (unpaired) electrons. The molecule has 0 unspecified atom stereocenters. The molecule has 0 atom stereocenters. The van der Waals surface area contributed by atoms with Crippen molar-refractivity contribution in [3.63, 3.8) is 0 Å². The fraction of sp³-hybridized carbons (Fsp3) is 0.105. The van der Waals surface area contributed by atoms with Gasteiger partial charge in [0.2, 0.25) is 10.0 Å². The summed E-state index contributed by atoms with van der Waals surface area (Å²) in [5.74, 6) is -0.403. The first kappa shape index (κ1) is 23.4. The molecule has 1 amide bonds. The summed E-state index contributed by atoms with van der Waals surface area (Å²) in [6, 6.07) is 10.0. The summed E-state index contributed by atoms with van der Waals surface area (Å²) in [5.41, 5.74) is 0.213. The van der Waals surface area contributed by atoms with E-state index >= 15 is 0 Å². The largest absolute Gasteiger partial charge is 0.322 e. The van der Waals surface area contributed by atoms with Gasteiger partial charge in [-0.1, -0.05) is 11.8 Å². The lowest BCUT2D eigenvalue weighted by Gasteiger charge is -2.12. The molecule has 0 aliphatic carbocycles. The third kappa shape index (κ3) is 5.59. The van der Waals surface area contributed by atoms with Crippen LogP contribution in [0, 0.1) is 0 Å². The molecule has 14 heteroatoms. The first-order valence-electron chi connectivity index (χ1n) is 9.29. The first-order valence-corrected chi connectivity index (χ1v) is 13.2. The van der Waals surface area contributed by atoms with Crippen LogP contribution >= 0.6 is 34.9 Å². The van der Waals surface area contributed by atoms with Crippen LogP contribution in [0.3, 0.4) is 0 Å². The number of pyridine rings is 1. The van der Waals surface area contributed by atoms with Crippen molar-refractivity contribution in [2.75, 3.05) is 19.4 Å².